The highest BCUT2D eigenvalue weighted by atomic mass is 16.6. The van der Waals surface area contributed by atoms with Gasteiger partial charge in [-0.05, 0) is 0 Å². The standard InChI is InChI=1S/C4H5BNO4/c6-4(8)2-1-3(7)10-5-9-2/h2H,1H2,(H2,6,8). The van der Waals surface area contributed by atoms with Gasteiger partial charge in [0.2, 0.25) is 5.91 Å². The summed E-state index contributed by atoms with van der Waals surface area (Å²) in [4.78, 5) is 20.8. The number of hydrogen-bond donors (Lipinski definition) is 1. The molecule has 1 radical (unpaired) electrons. The second kappa shape index (κ2) is 2.70. The lowest BCUT2D eigenvalue weighted by Gasteiger charge is -2.17. The van der Waals surface area contributed by atoms with Crippen LogP contribution in [0, 0.1) is 0 Å². The largest absolute Gasteiger partial charge is 0.574 e. The lowest BCUT2D eigenvalue weighted by atomic mass is 10.2. The highest BCUT2D eigenvalue weighted by Crippen LogP contribution is 2.04. The minimum absolute atomic E-state index is 0.105. The van der Waals surface area contributed by atoms with Crippen LogP contribution in [0.5, 0.6) is 0 Å². The summed E-state index contributed by atoms with van der Waals surface area (Å²) in [5, 5.41) is 0. The first kappa shape index (κ1) is 7.08. The molecule has 10 heavy (non-hydrogen) atoms. The van der Waals surface area contributed by atoms with Crippen LogP contribution < -0.4 is 5.73 Å². The Morgan fingerprint density at radius 1 is 1.80 bits per heavy atom. The Hall–Kier alpha value is -1.04. The molecule has 1 saturated heterocycles. The van der Waals surface area contributed by atoms with Gasteiger partial charge in [0, 0.05) is 0 Å². The molecule has 0 spiro atoms. The highest BCUT2D eigenvalue weighted by molar-refractivity contribution is 6.24. The van der Waals surface area contributed by atoms with Crippen molar-refractivity contribution in [2.75, 3.05) is 0 Å². The van der Waals surface area contributed by atoms with Crippen molar-refractivity contribution in [2.24, 2.45) is 5.73 Å². The molecule has 1 fully saturated rings. The van der Waals surface area contributed by atoms with Crippen LogP contribution in [-0.2, 0) is 18.9 Å². The molecule has 0 aromatic rings. The fourth-order valence-corrected chi connectivity index (χ4v) is 0.564. The molecule has 53 valence electrons. The van der Waals surface area contributed by atoms with E-state index < -0.39 is 18.0 Å². The molecule has 0 aromatic heterocycles. The predicted molar refractivity (Wildman–Crippen MR) is 30.5 cm³/mol. The number of nitrogens with two attached hydrogens (primary N) is 1. The van der Waals surface area contributed by atoms with E-state index in [-0.39, 0.29) is 6.42 Å². The van der Waals surface area contributed by atoms with Gasteiger partial charge in [0.15, 0.2) is 0 Å². The van der Waals surface area contributed by atoms with Crippen molar-refractivity contribution in [3.8, 4) is 0 Å². The molecule has 0 aliphatic carbocycles. The SMILES string of the molecule is NC(=O)C1CC(=O)O[B]O1. The van der Waals surface area contributed by atoms with Crippen LogP contribution in [0.2, 0.25) is 0 Å². The van der Waals surface area contributed by atoms with Gasteiger partial charge < -0.3 is 15.0 Å². The fourth-order valence-electron chi connectivity index (χ4n) is 0.564. The molecule has 1 heterocycles. The molecule has 6 heteroatoms. The minimum atomic E-state index is -0.860. The lowest BCUT2D eigenvalue weighted by molar-refractivity contribution is -0.146. The summed E-state index contributed by atoms with van der Waals surface area (Å²) in [6.45, 7) is 0. The van der Waals surface area contributed by atoms with Crippen molar-refractivity contribution in [3.05, 3.63) is 0 Å². The Kier molecular flexibility index (Phi) is 1.91. The van der Waals surface area contributed by atoms with Crippen LogP contribution in [-0.4, -0.2) is 25.7 Å². The highest BCUT2D eigenvalue weighted by Gasteiger charge is 2.27. The monoisotopic (exact) mass is 142 g/mol. The van der Waals surface area contributed by atoms with E-state index in [0.717, 1.165) is 7.69 Å². The summed E-state index contributed by atoms with van der Waals surface area (Å²) < 4.78 is 8.83. The Bertz CT molecular complexity index is 169. The van der Waals surface area contributed by atoms with E-state index in [0.29, 0.717) is 0 Å². The quantitative estimate of drug-likeness (QED) is 0.444. The molecule has 1 aliphatic heterocycles. The second-order valence-electron chi connectivity index (χ2n) is 1.82. The number of carbonyl (C=O) groups excluding carboxylic acids is 2. The number of carbonyl (C=O) groups is 2. The average molecular weight is 142 g/mol. The molecule has 2 N–H and O–H groups in total. The van der Waals surface area contributed by atoms with Crippen LogP contribution in [0.1, 0.15) is 6.42 Å². The summed E-state index contributed by atoms with van der Waals surface area (Å²) in [6, 6.07) is 0. The van der Waals surface area contributed by atoms with E-state index in [1.54, 1.807) is 0 Å². The van der Waals surface area contributed by atoms with Gasteiger partial charge in [-0.2, -0.15) is 0 Å². The Labute approximate surface area is 57.8 Å². The molecule has 0 bridgehead atoms. The van der Waals surface area contributed by atoms with Gasteiger partial charge in [-0.25, -0.2) is 0 Å². The van der Waals surface area contributed by atoms with Crippen LogP contribution in [0.25, 0.3) is 0 Å². The van der Waals surface area contributed by atoms with Crippen molar-refractivity contribution < 1.29 is 18.9 Å². The molecular weight excluding hydrogens is 137 g/mol. The molecular formula is C4H5BNO4. The molecule has 1 rings (SSSR count). The average Bonchev–Trinajstić information content (AvgIpc) is 1.88. The zero-order valence-corrected chi connectivity index (χ0v) is 5.07. The topological polar surface area (TPSA) is 78.6 Å². The molecule has 0 aromatic carbocycles. The zero-order chi connectivity index (χ0) is 7.56. The first-order valence-corrected chi connectivity index (χ1v) is 2.66. The van der Waals surface area contributed by atoms with E-state index in [1.807, 2.05) is 0 Å². The van der Waals surface area contributed by atoms with E-state index >= 15 is 0 Å². The maximum Gasteiger partial charge on any atom is 0.574 e. The van der Waals surface area contributed by atoms with Gasteiger partial charge in [-0.3, -0.25) is 9.59 Å². The summed E-state index contributed by atoms with van der Waals surface area (Å²) >= 11 is 0. The van der Waals surface area contributed by atoms with Crippen LogP contribution in [0.3, 0.4) is 0 Å². The maximum absolute atomic E-state index is 10.4. The van der Waals surface area contributed by atoms with Crippen molar-refractivity contribution in [1.82, 2.24) is 0 Å². The van der Waals surface area contributed by atoms with E-state index in [1.165, 1.54) is 0 Å². The van der Waals surface area contributed by atoms with E-state index in [2.05, 4.69) is 9.31 Å². The van der Waals surface area contributed by atoms with Crippen LogP contribution in [0.15, 0.2) is 0 Å². The van der Waals surface area contributed by atoms with Crippen LogP contribution in [0.4, 0.5) is 0 Å². The third-order valence-electron chi connectivity index (χ3n) is 1.07. The van der Waals surface area contributed by atoms with E-state index in [4.69, 9.17) is 5.73 Å². The normalized spacial score (nSPS) is 24.8. The van der Waals surface area contributed by atoms with Crippen molar-refractivity contribution in [2.45, 2.75) is 12.5 Å². The first-order valence-electron chi connectivity index (χ1n) is 2.66. The second-order valence-corrected chi connectivity index (χ2v) is 1.82. The Morgan fingerprint density at radius 2 is 2.50 bits per heavy atom. The molecule has 1 aliphatic rings. The van der Waals surface area contributed by atoms with Gasteiger partial charge >= 0.3 is 7.69 Å². The molecule has 0 saturated carbocycles. The van der Waals surface area contributed by atoms with Gasteiger partial charge in [-0.1, -0.05) is 0 Å². The molecule has 1 atom stereocenters. The van der Waals surface area contributed by atoms with Crippen molar-refractivity contribution in [1.29, 1.82) is 0 Å². The number of rotatable bonds is 1. The first-order chi connectivity index (χ1) is 4.70. The van der Waals surface area contributed by atoms with Gasteiger partial charge in [-0.15, -0.1) is 0 Å². The van der Waals surface area contributed by atoms with Crippen molar-refractivity contribution >= 4 is 19.6 Å². The summed E-state index contributed by atoms with van der Waals surface area (Å²) in [5.41, 5.74) is 4.84. The number of amides is 1. The van der Waals surface area contributed by atoms with E-state index in [9.17, 15) is 9.59 Å². The summed E-state index contributed by atoms with van der Waals surface area (Å²) in [7, 11) is 0.821. The van der Waals surface area contributed by atoms with Gasteiger partial charge in [0.25, 0.3) is 5.97 Å². The van der Waals surface area contributed by atoms with Gasteiger partial charge in [0.1, 0.15) is 6.10 Å². The summed E-state index contributed by atoms with van der Waals surface area (Å²) in [5.74, 6) is -1.16. The smallest absolute Gasteiger partial charge is 0.511 e. The van der Waals surface area contributed by atoms with Crippen molar-refractivity contribution in [3.63, 3.8) is 0 Å². The maximum atomic E-state index is 10.4. The third-order valence-corrected chi connectivity index (χ3v) is 1.07. The Balaban J connectivity index is 2.47. The van der Waals surface area contributed by atoms with Gasteiger partial charge in [0.05, 0.1) is 6.42 Å². The van der Waals surface area contributed by atoms with Crippen LogP contribution >= 0.6 is 0 Å². The Morgan fingerprint density at radius 3 is 2.90 bits per heavy atom. The lowest BCUT2D eigenvalue weighted by Crippen LogP contribution is -2.39. The predicted octanol–water partition coefficient (Wildman–Crippen LogP) is -1.66. The fraction of sp³-hybridized carbons (Fsp3) is 0.500. The minimum Gasteiger partial charge on any atom is -0.511 e. The third kappa shape index (κ3) is 1.47. The number of hydrogen-bond acceptors (Lipinski definition) is 4. The molecule has 5 nitrogen and oxygen atoms in total. The zero-order valence-electron chi connectivity index (χ0n) is 5.07. The molecule has 1 amide bonds. The number of primary amides is 1. The summed E-state index contributed by atoms with van der Waals surface area (Å²) in [6.07, 6.45) is -0.965. The molecule has 1 unspecified atom stereocenters.